The number of halogens is 1. The summed E-state index contributed by atoms with van der Waals surface area (Å²) >= 11 is 5.84. The molecule has 0 radical (unpaired) electrons. The molecular formula is C10H10ClN3O. The first-order valence-corrected chi connectivity index (χ1v) is 5.02. The van der Waals surface area contributed by atoms with Crippen LogP contribution in [0.4, 0.5) is 5.82 Å². The smallest absolute Gasteiger partial charge is 0.205 e. The lowest BCUT2D eigenvalue weighted by molar-refractivity contribution is 0.834. The Bertz CT molecular complexity index is 519. The summed E-state index contributed by atoms with van der Waals surface area (Å²) in [6.45, 7) is 3.94. The number of imidazole rings is 1. The number of rotatable bonds is 2. The zero-order valence-electron chi connectivity index (χ0n) is 8.44. The minimum atomic E-state index is 0.163. The van der Waals surface area contributed by atoms with Gasteiger partial charge < -0.3 is 0 Å². The molecule has 0 N–H and O–H groups in total. The molecular weight excluding hydrogens is 214 g/mol. The number of nitrogens with zero attached hydrogens (tertiary/aromatic N) is 3. The highest BCUT2D eigenvalue weighted by atomic mass is 35.5. The Morgan fingerprint density at radius 2 is 2.20 bits per heavy atom. The molecule has 0 unspecified atom stereocenters. The van der Waals surface area contributed by atoms with Crippen molar-refractivity contribution in [3.63, 3.8) is 0 Å². The normalized spacial score (nSPS) is 11.2. The Kier molecular flexibility index (Phi) is 2.44. The summed E-state index contributed by atoms with van der Waals surface area (Å²) in [5, 5.41) is 3.57. The lowest BCUT2D eigenvalue weighted by Crippen LogP contribution is -1.87. The SMILES string of the molecule is CC(C)c1nc2ccc(Cl)cn2c1N=O. The van der Waals surface area contributed by atoms with Crippen molar-refractivity contribution in [3.8, 4) is 0 Å². The van der Waals surface area contributed by atoms with E-state index in [0.717, 1.165) is 0 Å². The van der Waals surface area contributed by atoms with Crippen LogP contribution in [0.3, 0.4) is 0 Å². The standard InChI is InChI=1S/C10H10ClN3O/c1-6(2)9-10(13-15)14-5-7(11)3-4-8(14)12-9/h3-6H,1-2H3. The van der Waals surface area contributed by atoms with Crippen molar-refractivity contribution >= 4 is 23.1 Å². The fraction of sp³-hybridized carbons (Fsp3) is 0.300. The molecule has 4 nitrogen and oxygen atoms in total. The summed E-state index contributed by atoms with van der Waals surface area (Å²) in [4.78, 5) is 15.1. The number of hydrogen-bond donors (Lipinski definition) is 0. The van der Waals surface area contributed by atoms with E-state index < -0.39 is 0 Å². The molecule has 0 aliphatic heterocycles. The summed E-state index contributed by atoms with van der Waals surface area (Å²) < 4.78 is 1.62. The highest BCUT2D eigenvalue weighted by Gasteiger charge is 2.15. The van der Waals surface area contributed by atoms with Crippen molar-refractivity contribution in [2.45, 2.75) is 19.8 Å². The number of pyridine rings is 1. The second-order valence-electron chi connectivity index (χ2n) is 3.64. The minimum absolute atomic E-state index is 0.163. The van der Waals surface area contributed by atoms with E-state index in [4.69, 9.17) is 11.6 Å². The van der Waals surface area contributed by atoms with Gasteiger partial charge in [-0.25, -0.2) is 4.98 Å². The molecule has 0 amide bonds. The predicted octanol–water partition coefficient (Wildman–Crippen LogP) is 3.51. The summed E-state index contributed by atoms with van der Waals surface area (Å²) in [7, 11) is 0. The van der Waals surface area contributed by atoms with Crippen LogP contribution in [-0.2, 0) is 0 Å². The van der Waals surface area contributed by atoms with Gasteiger partial charge in [-0.05, 0) is 23.2 Å². The van der Waals surface area contributed by atoms with Crippen molar-refractivity contribution in [3.05, 3.63) is 34.0 Å². The second-order valence-corrected chi connectivity index (χ2v) is 4.08. The van der Waals surface area contributed by atoms with Crippen LogP contribution < -0.4 is 0 Å². The second kappa shape index (κ2) is 3.62. The Balaban J connectivity index is 2.79. The molecule has 2 aromatic heterocycles. The lowest BCUT2D eigenvalue weighted by atomic mass is 10.1. The summed E-state index contributed by atoms with van der Waals surface area (Å²) in [6, 6.07) is 3.51. The fourth-order valence-electron chi connectivity index (χ4n) is 1.50. The minimum Gasteiger partial charge on any atom is -0.280 e. The Labute approximate surface area is 91.9 Å². The van der Waals surface area contributed by atoms with Gasteiger partial charge in [-0.15, -0.1) is 4.91 Å². The van der Waals surface area contributed by atoms with Crippen LogP contribution in [0.15, 0.2) is 23.5 Å². The molecule has 0 aliphatic rings. The molecule has 0 saturated heterocycles. The first kappa shape index (κ1) is 10.1. The molecule has 2 rings (SSSR count). The first-order valence-electron chi connectivity index (χ1n) is 4.64. The number of hydrogen-bond acceptors (Lipinski definition) is 3. The maximum absolute atomic E-state index is 10.8. The zero-order valence-corrected chi connectivity index (χ0v) is 9.19. The molecule has 2 aromatic rings. The largest absolute Gasteiger partial charge is 0.280 e. The van der Waals surface area contributed by atoms with Crippen molar-refractivity contribution in [2.24, 2.45) is 5.18 Å². The van der Waals surface area contributed by atoms with Crippen molar-refractivity contribution in [2.75, 3.05) is 0 Å². The van der Waals surface area contributed by atoms with E-state index in [1.54, 1.807) is 22.7 Å². The van der Waals surface area contributed by atoms with E-state index in [-0.39, 0.29) is 5.92 Å². The molecule has 78 valence electrons. The van der Waals surface area contributed by atoms with E-state index in [1.165, 1.54) is 0 Å². The van der Waals surface area contributed by atoms with Crippen LogP contribution in [-0.4, -0.2) is 9.38 Å². The van der Waals surface area contributed by atoms with E-state index in [1.807, 2.05) is 13.8 Å². The van der Waals surface area contributed by atoms with Gasteiger partial charge in [0.1, 0.15) is 5.65 Å². The Hall–Kier alpha value is -1.42. The van der Waals surface area contributed by atoms with Gasteiger partial charge in [0.25, 0.3) is 0 Å². The summed E-state index contributed by atoms with van der Waals surface area (Å²) in [5.74, 6) is 0.499. The molecule has 5 heteroatoms. The van der Waals surface area contributed by atoms with E-state index in [0.29, 0.717) is 22.2 Å². The van der Waals surface area contributed by atoms with Gasteiger partial charge >= 0.3 is 0 Å². The molecule has 0 atom stereocenters. The molecule has 0 spiro atoms. The Morgan fingerprint density at radius 3 is 2.80 bits per heavy atom. The average molecular weight is 224 g/mol. The summed E-state index contributed by atoms with van der Waals surface area (Å²) in [6.07, 6.45) is 1.65. The Morgan fingerprint density at radius 1 is 1.47 bits per heavy atom. The predicted molar refractivity (Wildman–Crippen MR) is 59.7 cm³/mol. The van der Waals surface area contributed by atoms with Gasteiger partial charge in [-0.1, -0.05) is 25.4 Å². The van der Waals surface area contributed by atoms with Crippen LogP contribution in [0.25, 0.3) is 5.65 Å². The monoisotopic (exact) mass is 223 g/mol. The maximum Gasteiger partial charge on any atom is 0.205 e. The van der Waals surface area contributed by atoms with Crippen LogP contribution in [0.5, 0.6) is 0 Å². The molecule has 0 fully saturated rings. The van der Waals surface area contributed by atoms with E-state index >= 15 is 0 Å². The first-order chi connectivity index (χ1) is 7.13. The highest BCUT2D eigenvalue weighted by Crippen LogP contribution is 2.28. The molecule has 0 aliphatic carbocycles. The molecule has 0 bridgehead atoms. The molecule has 0 saturated carbocycles. The van der Waals surface area contributed by atoms with Gasteiger partial charge in [-0.2, -0.15) is 0 Å². The van der Waals surface area contributed by atoms with E-state index in [2.05, 4.69) is 10.2 Å². The lowest BCUT2D eigenvalue weighted by Gasteiger charge is -1.98. The van der Waals surface area contributed by atoms with Crippen LogP contribution in [0.1, 0.15) is 25.5 Å². The average Bonchev–Trinajstić information content (AvgIpc) is 2.55. The molecule has 15 heavy (non-hydrogen) atoms. The third kappa shape index (κ3) is 1.61. The van der Waals surface area contributed by atoms with Crippen LogP contribution in [0, 0.1) is 4.91 Å². The quantitative estimate of drug-likeness (QED) is 0.732. The fourth-order valence-corrected chi connectivity index (χ4v) is 1.66. The topological polar surface area (TPSA) is 46.7 Å². The zero-order chi connectivity index (χ0) is 11.0. The maximum atomic E-state index is 10.8. The van der Waals surface area contributed by atoms with Crippen molar-refractivity contribution in [1.29, 1.82) is 0 Å². The van der Waals surface area contributed by atoms with Crippen LogP contribution >= 0.6 is 11.6 Å². The molecule has 0 aromatic carbocycles. The van der Waals surface area contributed by atoms with Crippen LogP contribution in [0.2, 0.25) is 5.02 Å². The number of fused-ring (bicyclic) bond motifs is 1. The third-order valence-corrected chi connectivity index (χ3v) is 2.44. The van der Waals surface area contributed by atoms with Gasteiger partial charge in [0.15, 0.2) is 0 Å². The summed E-state index contributed by atoms with van der Waals surface area (Å²) in [5.41, 5.74) is 1.39. The van der Waals surface area contributed by atoms with Gasteiger partial charge in [0.05, 0.1) is 10.7 Å². The highest BCUT2D eigenvalue weighted by molar-refractivity contribution is 6.30. The third-order valence-electron chi connectivity index (χ3n) is 2.22. The molecule has 2 heterocycles. The van der Waals surface area contributed by atoms with Gasteiger partial charge in [0.2, 0.25) is 5.82 Å². The number of aromatic nitrogens is 2. The van der Waals surface area contributed by atoms with Crippen molar-refractivity contribution in [1.82, 2.24) is 9.38 Å². The van der Waals surface area contributed by atoms with Crippen molar-refractivity contribution < 1.29 is 0 Å². The van der Waals surface area contributed by atoms with Gasteiger partial charge in [0, 0.05) is 6.20 Å². The van der Waals surface area contributed by atoms with E-state index in [9.17, 15) is 4.91 Å². The number of nitroso groups, excluding NO2 is 1. The van der Waals surface area contributed by atoms with Gasteiger partial charge in [-0.3, -0.25) is 4.40 Å².